The number of hydrogen-bond donors (Lipinski definition) is 0. The standard InChI is InChI=1S/C15H21IO/c1-3-14(16)12-6-8-13(9-7-12)17-15(2)10-4-5-11-15/h6-9,14H,3-5,10-11H2,1-2H3. The van der Waals surface area contributed by atoms with Gasteiger partial charge in [-0.2, -0.15) is 0 Å². The molecule has 1 unspecified atom stereocenters. The lowest BCUT2D eigenvalue weighted by Crippen LogP contribution is -2.27. The molecule has 94 valence electrons. The topological polar surface area (TPSA) is 9.23 Å². The van der Waals surface area contributed by atoms with Crippen LogP contribution in [0.2, 0.25) is 0 Å². The van der Waals surface area contributed by atoms with E-state index in [-0.39, 0.29) is 5.60 Å². The van der Waals surface area contributed by atoms with Gasteiger partial charge in [-0.05, 0) is 56.7 Å². The van der Waals surface area contributed by atoms with Crippen LogP contribution in [0, 0.1) is 0 Å². The maximum Gasteiger partial charge on any atom is 0.120 e. The van der Waals surface area contributed by atoms with E-state index in [4.69, 9.17) is 4.74 Å². The van der Waals surface area contributed by atoms with Crippen molar-refractivity contribution in [1.29, 1.82) is 0 Å². The molecule has 17 heavy (non-hydrogen) atoms. The molecule has 0 aliphatic heterocycles. The molecule has 1 nitrogen and oxygen atoms in total. The normalized spacial score (nSPS) is 20.2. The Kier molecular flexibility index (Phi) is 4.34. The Balaban J connectivity index is 2.03. The van der Waals surface area contributed by atoms with Gasteiger partial charge in [-0.1, -0.05) is 41.6 Å². The molecule has 2 heteroatoms. The van der Waals surface area contributed by atoms with E-state index < -0.39 is 0 Å². The quantitative estimate of drug-likeness (QED) is 0.533. The van der Waals surface area contributed by atoms with Crippen LogP contribution in [0.1, 0.15) is 55.4 Å². The third-order valence-corrected chi connectivity index (χ3v) is 5.23. The Hall–Kier alpha value is -0.250. The van der Waals surface area contributed by atoms with Crippen molar-refractivity contribution >= 4 is 22.6 Å². The van der Waals surface area contributed by atoms with E-state index in [9.17, 15) is 0 Å². The van der Waals surface area contributed by atoms with E-state index in [1.165, 1.54) is 37.7 Å². The molecule has 1 aromatic carbocycles. The first-order chi connectivity index (χ1) is 8.13. The third-order valence-electron chi connectivity index (χ3n) is 3.63. The van der Waals surface area contributed by atoms with Crippen LogP contribution < -0.4 is 4.74 Å². The Bertz CT molecular complexity index is 352. The Labute approximate surface area is 118 Å². The maximum atomic E-state index is 6.13. The lowest BCUT2D eigenvalue weighted by Gasteiger charge is -2.25. The van der Waals surface area contributed by atoms with Gasteiger partial charge in [0.15, 0.2) is 0 Å². The second-order valence-electron chi connectivity index (χ2n) is 5.20. The predicted octanol–water partition coefficient (Wildman–Crippen LogP) is 5.28. The molecule has 2 rings (SSSR count). The molecule has 1 aliphatic rings. The smallest absolute Gasteiger partial charge is 0.120 e. The predicted molar refractivity (Wildman–Crippen MR) is 81.0 cm³/mol. The van der Waals surface area contributed by atoms with Gasteiger partial charge in [0.25, 0.3) is 0 Å². The van der Waals surface area contributed by atoms with Crippen molar-refractivity contribution in [3.63, 3.8) is 0 Å². The fraction of sp³-hybridized carbons (Fsp3) is 0.600. The second-order valence-corrected chi connectivity index (χ2v) is 6.71. The highest BCUT2D eigenvalue weighted by Gasteiger charge is 2.30. The van der Waals surface area contributed by atoms with Crippen molar-refractivity contribution in [2.45, 2.75) is 55.5 Å². The number of benzene rings is 1. The number of hydrogen-bond acceptors (Lipinski definition) is 1. The summed E-state index contributed by atoms with van der Waals surface area (Å²) in [7, 11) is 0. The Morgan fingerprint density at radius 2 is 1.82 bits per heavy atom. The van der Waals surface area contributed by atoms with Gasteiger partial charge in [-0.15, -0.1) is 0 Å². The first kappa shape index (κ1) is 13.2. The molecule has 0 amide bonds. The minimum absolute atomic E-state index is 0.0794. The SMILES string of the molecule is CCC(I)c1ccc(OC2(C)CCCC2)cc1. The summed E-state index contributed by atoms with van der Waals surface area (Å²) in [4.78, 5) is 0. The fourth-order valence-electron chi connectivity index (χ4n) is 2.49. The van der Waals surface area contributed by atoms with Gasteiger partial charge in [-0.25, -0.2) is 0 Å². The van der Waals surface area contributed by atoms with Crippen molar-refractivity contribution in [1.82, 2.24) is 0 Å². The number of alkyl halides is 1. The van der Waals surface area contributed by atoms with Gasteiger partial charge >= 0.3 is 0 Å². The number of halogens is 1. The van der Waals surface area contributed by atoms with Gasteiger partial charge in [0, 0.05) is 3.92 Å². The minimum Gasteiger partial charge on any atom is -0.488 e. The average molecular weight is 344 g/mol. The molecule has 0 heterocycles. The first-order valence-corrected chi connectivity index (χ1v) is 7.80. The lowest BCUT2D eigenvalue weighted by atomic mass is 10.1. The molecule has 0 aromatic heterocycles. The molecule has 0 spiro atoms. The molecule has 1 atom stereocenters. The lowest BCUT2D eigenvalue weighted by molar-refractivity contribution is 0.0968. The van der Waals surface area contributed by atoms with Crippen LogP contribution in [0.15, 0.2) is 24.3 Å². The largest absolute Gasteiger partial charge is 0.488 e. The van der Waals surface area contributed by atoms with Gasteiger partial charge in [0.05, 0.1) is 0 Å². The van der Waals surface area contributed by atoms with Gasteiger partial charge in [-0.3, -0.25) is 0 Å². The summed E-state index contributed by atoms with van der Waals surface area (Å²) < 4.78 is 6.74. The summed E-state index contributed by atoms with van der Waals surface area (Å²) in [6, 6.07) is 8.66. The van der Waals surface area contributed by atoms with Crippen molar-refractivity contribution < 1.29 is 4.74 Å². The Morgan fingerprint density at radius 3 is 2.35 bits per heavy atom. The van der Waals surface area contributed by atoms with Crippen molar-refractivity contribution in [2.75, 3.05) is 0 Å². The molecule has 1 aliphatic carbocycles. The van der Waals surface area contributed by atoms with E-state index in [0.29, 0.717) is 3.92 Å². The molecule has 1 fully saturated rings. The maximum absolute atomic E-state index is 6.13. The minimum atomic E-state index is 0.0794. The molecule has 0 saturated heterocycles. The molecule has 1 saturated carbocycles. The van der Waals surface area contributed by atoms with E-state index in [2.05, 4.69) is 60.7 Å². The van der Waals surface area contributed by atoms with Crippen molar-refractivity contribution in [3.05, 3.63) is 29.8 Å². The van der Waals surface area contributed by atoms with Crippen LogP contribution >= 0.6 is 22.6 Å². The fourth-order valence-corrected chi connectivity index (χ4v) is 2.91. The first-order valence-electron chi connectivity index (χ1n) is 6.56. The second kappa shape index (κ2) is 5.59. The van der Waals surface area contributed by atoms with Crippen LogP contribution in [0.4, 0.5) is 0 Å². The summed E-state index contributed by atoms with van der Waals surface area (Å²) in [6.45, 7) is 4.46. The summed E-state index contributed by atoms with van der Waals surface area (Å²) in [6.07, 6.45) is 6.18. The van der Waals surface area contributed by atoms with Crippen LogP contribution in [-0.4, -0.2) is 5.60 Å². The zero-order valence-corrected chi connectivity index (χ0v) is 12.9. The number of rotatable bonds is 4. The summed E-state index contributed by atoms with van der Waals surface area (Å²) in [5.41, 5.74) is 1.48. The average Bonchev–Trinajstić information content (AvgIpc) is 2.76. The summed E-state index contributed by atoms with van der Waals surface area (Å²) in [5.74, 6) is 1.03. The van der Waals surface area contributed by atoms with Crippen LogP contribution in [0.3, 0.4) is 0 Å². The van der Waals surface area contributed by atoms with Crippen LogP contribution in [0.25, 0.3) is 0 Å². The van der Waals surface area contributed by atoms with E-state index in [0.717, 1.165) is 5.75 Å². The molecular weight excluding hydrogens is 323 g/mol. The highest BCUT2D eigenvalue weighted by atomic mass is 127. The van der Waals surface area contributed by atoms with Gasteiger partial charge in [0.2, 0.25) is 0 Å². The van der Waals surface area contributed by atoms with Gasteiger partial charge in [0.1, 0.15) is 11.4 Å². The van der Waals surface area contributed by atoms with E-state index in [1.807, 2.05) is 0 Å². The van der Waals surface area contributed by atoms with Crippen LogP contribution in [0.5, 0.6) is 5.75 Å². The highest BCUT2D eigenvalue weighted by Crippen LogP contribution is 2.35. The van der Waals surface area contributed by atoms with Gasteiger partial charge < -0.3 is 4.74 Å². The number of ether oxygens (including phenoxy) is 1. The molecular formula is C15H21IO. The summed E-state index contributed by atoms with van der Waals surface area (Å²) >= 11 is 2.50. The van der Waals surface area contributed by atoms with E-state index in [1.54, 1.807) is 0 Å². The van der Waals surface area contributed by atoms with E-state index >= 15 is 0 Å². The zero-order valence-electron chi connectivity index (χ0n) is 10.7. The third kappa shape index (κ3) is 3.36. The van der Waals surface area contributed by atoms with Crippen molar-refractivity contribution in [3.8, 4) is 5.75 Å². The zero-order chi connectivity index (χ0) is 12.3. The monoisotopic (exact) mass is 344 g/mol. The van der Waals surface area contributed by atoms with Crippen molar-refractivity contribution in [2.24, 2.45) is 0 Å². The highest BCUT2D eigenvalue weighted by molar-refractivity contribution is 14.1. The van der Waals surface area contributed by atoms with Crippen LogP contribution in [-0.2, 0) is 0 Å². The molecule has 0 radical (unpaired) electrons. The molecule has 0 N–H and O–H groups in total. The Morgan fingerprint density at radius 1 is 1.24 bits per heavy atom. The molecule has 0 bridgehead atoms. The molecule has 1 aromatic rings. The summed E-state index contributed by atoms with van der Waals surface area (Å²) in [5, 5.41) is 0.